The van der Waals surface area contributed by atoms with Crippen molar-refractivity contribution in [1.29, 1.82) is 0 Å². The first-order chi connectivity index (χ1) is 10.3. The van der Waals surface area contributed by atoms with Crippen molar-refractivity contribution in [2.75, 3.05) is 23.3 Å². The van der Waals surface area contributed by atoms with Gasteiger partial charge in [0.25, 0.3) is 0 Å². The van der Waals surface area contributed by atoms with Crippen LogP contribution < -0.4 is 15.5 Å². The molecule has 0 bridgehead atoms. The minimum atomic E-state index is -0.255. The third-order valence-corrected chi connectivity index (χ3v) is 4.20. The Morgan fingerprint density at radius 2 is 2.19 bits per heavy atom. The van der Waals surface area contributed by atoms with Gasteiger partial charge in [-0.05, 0) is 24.3 Å². The van der Waals surface area contributed by atoms with E-state index in [4.69, 9.17) is 0 Å². The number of hydrogen-bond donors (Lipinski definition) is 2. The third-order valence-electron chi connectivity index (χ3n) is 3.33. The molecule has 2 aromatic heterocycles. The lowest BCUT2D eigenvalue weighted by atomic mass is 10.4. The largest absolute Gasteiger partial charge is 0.356 e. The number of carbonyl (C=O) groups is 1. The molecule has 2 N–H and O–H groups in total. The van der Waals surface area contributed by atoms with Crippen LogP contribution in [0.1, 0.15) is 17.7 Å². The Labute approximate surface area is 127 Å². The molecule has 0 radical (unpaired) electrons. The Bertz CT molecular complexity index is 595. The summed E-state index contributed by atoms with van der Waals surface area (Å²) in [6.45, 7) is 2.55. The highest BCUT2D eigenvalue weighted by atomic mass is 32.1. The van der Waals surface area contributed by atoms with Crippen LogP contribution in [0, 0.1) is 0 Å². The zero-order valence-corrected chi connectivity index (χ0v) is 12.4. The SMILES string of the molecule is O=C(NCc1cccs1)Nc1cc(N2CCCC2)ncn1. The van der Waals surface area contributed by atoms with Crippen LogP contribution in [0.4, 0.5) is 16.4 Å². The average molecular weight is 303 g/mol. The van der Waals surface area contributed by atoms with Crippen LogP contribution in [0.5, 0.6) is 0 Å². The molecule has 0 spiro atoms. The molecule has 1 aliphatic rings. The second-order valence-corrected chi connectivity index (χ2v) is 5.87. The van der Waals surface area contributed by atoms with Gasteiger partial charge in [0, 0.05) is 24.0 Å². The van der Waals surface area contributed by atoms with Crippen LogP contribution >= 0.6 is 11.3 Å². The minimum Gasteiger partial charge on any atom is -0.356 e. The van der Waals surface area contributed by atoms with Gasteiger partial charge in [0.2, 0.25) is 0 Å². The molecule has 0 atom stereocenters. The second kappa shape index (κ2) is 6.53. The summed E-state index contributed by atoms with van der Waals surface area (Å²) in [6, 6.07) is 5.51. The molecule has 0 unspecified atom stereocenters. The number of aromatic nitrogens is 2. The van der Waals surface area contributed by atoms with E-state index in [-0.39, 0.29) is 6.03 Å². The van der Waals surface area contributed by atoms with Crippen molar-refractivity contribution >= 4 is 29.0 Å². The Kier molecular flexibility index (Phi) is 4.30. The Balaban J connectivity index is 1.56. The molecule has 110 valence electrons. The summed E-state index contributed by atoms with van der Waals surface area (Å²) in [5.41, 5.74) is 0. The van der Waals surface area contributed by atoms with Gasteiger partial charge < -0.3 is 10.2 Å². The Morgan fingerprint density at radius 3 is 2.95 bits per heavy atom. The van der Waals surface area contributed by atoms with Gasteiger partial charge in [-0.15, -0.1) is 11.3 Å². The highest BCUT2D eigenvalue weighted by Gasteiger charge is 2.14. The van der Waals surface area contributed by atoms with Crippen LogP contribution in [0.3, 0.4) is 0 Å². The van der Waals surface area contributed by atoms with Gasteiger partial charge in [-0.3, -0.25) is 5.32 Å². The van der Waals surface area contributed by atoms with E-state index in [1.165, 1.54) is 19.2 Å². The maximum atomic E-state index is 11.8. The molecule has 1 aliphatic heterocycles. The molecule has 2 aromatic rings. The third kappa shape index (κ3) is 3.69. The molecule has 0 aromatic carbocycles. The highest BCUT2D eigenvalue weighted by molar-refractivity contribution is 7.09. The zero-order chi connectivity index (χ0) is 14.5. The van der Waals surface area contributed by atoms with Crippen LogP contribution in [0.15, 0.2) is 29.9 Å². The number of amides is 2. The fraction of sp³-hybridized carbons (Fsp3) is 0.357. The van der Waals surface area contributed by atoms with Crippen molar-refractivity contribution in [3.8, 4) is 0 Å². The summed E-state index contributed by atoms with van der Waals surface area (Å²) in [5, 5.41) is 7.54. The first-order valence-corrected chi connectivity index (χ1v) is 7.83. The van der Waals surface area contributed by atoms with E-state index < -0.39 is 0 Å². The molecule has 0 aliphatic carbocycles. The van der Waals surface area contributed by atoms with E-state index in [0.29, 0.717) is 12.4 Å². The normalized spacial score (nSPS) is 14.2. The van der Waals surface area contributed by atoms with Crippen molar-refractivity contribution in [2.45, 2.75) is 19.4 Å². The van der Waals surface area contributed by atoms with Crippen LogP contribution in [0.25, 0.3) is 0 Å². The van der Waals surface area contributed by atoms with E-state index in [1.54, 1.807) is 11.3 Å². The van der Waals surface area contributed by atoms with E-state index >= 15 is 0 Å². The molecule has 0 saturated carbocycles. The number of urea groups is 1. The van der Waals surface area contributed by atoms with Gasteiger partial charge in [0.15, 0.2) is 0 Å². The van der Waals surface area contributed by atoms with Gasteiger partial charge >= 0.3 is 6.03 Å². The summed E-state index contributed by atoms with van der Waals surface area (Å²) in [4.78, 5) is 23.5. The summed E-state index contributed by atoms with van der Waals surface area (Å²) in [7, 11) is 0. The van der Waals surface area contributed by atoms with Gasteiger partial charge in [0.05, 0.1) is 6.54 Å². The lowest BCUT2D eigenvalue weighted by molar-refractivity contribution is 0.252. The molecule has 3 rings (SSSR count). The number of thiophene rings is 1. The van der Waals surface area contributed by atoms with Crippen LogP contribution in [-0.2, 0) is 6.54 Å². The Morgan fingerprint density at radius 1 is 1.33 bits per heavy atom. The highest BCUT2D eigenvalue weighted by Crippen LogP contribution is 2.19. The quantitative estimate of drug-likeness (QED) is 0.910. The number of carbonyl (C=O) groups excluding carboxylic acids is 1. The molecular formula is C14H17N5OS. The lowest BCUT2D eigenvalue weighted by Crippen LogP contribution is -2.28. The summed E-state index contributed by atoms with van der Waals surface area (Å²) in [5.74, 6) is 1.40. The zero-order valence-electron chi connectivity index (χ0n) is 11.6. The number of nitrogens with zero attached hydrogens (tertiary/aromatic N) is 3. The van der Waals surface area contributed by atoms with Crippen molar-refractivity contribution < 1.29 is 4.79 Å². The van der Waals surface area contributed by atoms with E-state index in [0.717, 1.165) is 23.8 Å². The summed E-state index contributed by atoms with van der Waals surface area (Å²) >= 11 is 1.62. The first-order valence-electron chi connectivity index (χ1n) is 6.95. The minimum absolute atomic E-state index is 0.255. The molecular weight excluding hydrogens is 286 g/mol. The second-order valence-electron chi connectivity index (χ2n) is 4.84. The number of hydrogen-bond acceptors (Lipinski definition) is 5. The fourth-order valence-corrected chi connectivity index (χ4v) is 2.92. The van der Waals surface area contributed by atoms with E-state index in [9.17, 15) is 4.79 Å². The Hall–Kier alpha value is -2.15. The van der Waals surface area contributed by atoms with E-state index in [2.05, 4.69) is 25.5 Å². The van der Waals surface area contributed by atoms with Crippen LogP contribution in [-0.4, -0.2) is 29.1 Å². The van der Waals surface area contributed by atoms with Gasteiger partial charge in [0.1, 0.15) is 18.0 Å². The summed E-state index contributed by atoms with van der Waals surface area (Å²) in [6.07, 6.45) is 3.87. The van der Waals surface area contributed by atoms with Crippen LogP contribution in [0.2, 0.25) is 0 Å². The number of nitrogens with one attached hydrogen (secondary N) is 2. The molecule has 2 amide bonds. The predicted octanol–water partition coefficient (Wildman–Crippen LogP) is 2.46. The molecule has 6 nitrogen and oxygen atoms in total. The molecule has 1 saturated heterocycles. The maximum absolute atomic E-state index is 11.8. The summed E-state index contributed by atoms with van der Waals surface area (Å²) < 4.78 is 0. The van der Waals surface area contributed by atoms with Gasteiger partial charge in [-0.25, -0.2) is 14.8 Å². The fourth-order valence-electron chi connectivity index (χ4n) is 2.28. The molecule has 7 heteroatoms. The topological polar surface area (TPSA) is 70.2 Å². The van der Waals surface area contributed by atoms with Crippen molar-refractivity contribution in [3.63, 3.8) is 0 Å². The van der Waals surface area contributed by atoms with Crippen molar-refractivity contribution in [3.05, 3.63) is 34.8 Å². The monoisotopic (exact) mass is 303 g/mol. The van der Waals surface area contributed by atoms with Crippen molar-refractivity contribution in [1.82, 2.24) is 15.3 Å². The van der Waals surface area contributed by atoms with Crippen molar-refractivity contribution in [2.24, 2.45) is 0 Å². The first kappa shape index (κ1) is 13.8. The lowest BCUT2D eigenvalue weighted by Gasteiger charge is -2.16. The maximum Gasteiger partial charge on any atom is 0.320 e. The standard InChI is InChI=1S/C14H17N5OS/c20-14(15-9-11-4-3-7-21-11)18-12-8-13(17-10-16-12)19-5-1-2-6-19/h3-4,7-8,10H,1-2,5-6,9H2,(H2,15,16,17,18,20). The molecule has 3 heterocycles. The number of rotatable bonds is 4. The molecule has 21 heavy (non-hydrogen) atoms. The van der Waals surface area contributed by atoms with E-state index in [1.807, 2.05) is 23.6 Å². The smallest absolute Gasteiger partial charge is 0.320 e. The van der Waals surface area contributed by atoms with Gasteiger partial charge in [-0.1, -0.05) is 6.07 Å². The molecule has 1 fully saturated rings. The van der Waals surface area contributed by atoms with Gasteiger partial charge in [-0.2, -0.15) is 0 Å². The predicted molar refractivity (Wildman–Crippen MR) is 83.7 cm³/mol. The average Bonchev–Trinajstić information content (AvgIpc) is 3.19. The number of anilines is 2.